The molecule has 2 N–H and O–H groups in total. The highest BCUT2D eigenvalue weighted by Crippen LogP contribution is 2.37. The summed E-state index contributed by atoms with van der Waals surface area (Å²) in [5, 5.41) is 21.1. The first kappa shape index (κ1) is 25.9. The Kier molecular flexibility index (Phi) is 6.99. The summed E-state index contributed by atoms with van der Waals surface area (Å²) < 4.78 is 0. The third kappa shape index (κ3) is 5.29. The van der Waals surface area contributed by atoms with E-state index in [2.05, 4.69) is 61.6 Å². The second kappa shape index (κ2) is 11.1. The molecule has 9 nitrogen and oxygen atoms in total. The van der Waals surface area contributed by atoms with Crippen molar-refractivity contribution in [1.82, 2.24) is 0 Å². The maximum atomic E-state index is 12.9. The van der Waals surface area contributed by atoms with Gasteiger partial charge in [-0.1, -0.05) is 60.7 Å². The Morgan fingerprint density at radius 3 is 2.07 bits per heavy atom. The van der Waals surface area contributed by atoms with E-state index in [0.29, 0.717) is 11.4 Å². The SMILES string of the molecule is CN(C)c1ccc(C2CC(c3ccc(N=NC4C(=O)N(c5ccccc5)N=C4N)cc3)=NN2c2ccccc2)cc1. The van der Waals surface area contributed by atoms with Crippen LogP contribution in [-0.4, -0.2) is 37.6 Å². The molecule has 0 aromatic heterocycles. The van der Waals surface area contributed by atoms with E-state index in [4.69, 9.17) is 10.8 Å². The van der Waals surface area contributed by atoms with Crippen molar-refractivity contribution in [3.05, 3.63) is 120 Å². The van der Waals surface area contributed by atoms with Crippen molar-refractivity contribution in [2.45, 2.75) is 18.5 Å². The average molecular weight is 543 g/mol. The number of amidine groups is 1. The van der Waals surface area contributed by atoms with Crippen molar-refractivity contribution in [2.24, 2.45) is 26.2 Å². The van der Waals surface area contributed by atoms with E-state index in [1.54, 1.807) is 12.1 Å². The van der Waals surface area contributed by atoms with Gasteiger partial charge in [0.15, 0.2) is 5.84 Å². The number of rotatable bonds is 7. The Hall–Kier alpha value is -5.31. The molecule has 0 spiro atoms. The summed E-state index contributed by atoms with van der Waals surface area (Å²) in [6.07, 6.45) is 0.760. The minimum absolute atomic E-state index is 0.0752. The van der Waals surface area contributed by atoms with Gasteiger partial charge in [-0.25, -0.2) is 0 Å². The van der Waals surface area contributed by atoms with Gasteiger partial charge >= 0.3 is 0 Å². The van der Waals surface area contributed by atoms with Gasteiger partial charge in [0.05, 0.1) is 28.8 Å². The quantitative estimate of drug-likeness (QED) is 0.295. The van der Waals surface area contributed by atoms with Crippen LogP contribution in [0.15, 0.2) is 130 Å². The predicted octanol–water partition coefficient (Wildman–Crippen LogP) is 5.88. The number of hydrogen-bond donors (Lipinski definition) is 1. The summed E-state index contributed by atoms with van der Waals surface area (Å²) >= 11 is 0. The largest absolute Gasteiger partial charge is 0.383 e. The van der Waals surface area contributed by atoms with Crippen molar-refractivity contribution < 1.29 is 4.79 Å². The molecule has 2 aliphatic heterocycles. The third-order valence-electron chi connectivity index (χ3n) is 7.15. The molecule has 2 atom stereocenters. The second-order valence-corrected chi connectivity index (χ2v) is 10.1. The molecule has 2 aliphatic rings. The summed E-state index contributed by atoms with van der Waals surface area (Å²) in [5.41, 5.74) is 12.7. The Labute approximate surface area is 238 Å². The minimum atomic E-state index is -0.951. The molecule has 9 heteroatoms. The first-order valence-corrected chi connectivity index (χ1v) is 13.4. The van der Waals surface area contributed by atoms with Gasteiger partial charge in [0.1, 0.15) is 0 Å². The maximum absolute atomic E-state index is 12.9. The average Bonchev–Trinajstić information content (AvgIpc) is 3.58. The van der Waals surface area contributed by atoms with Crippen LogP contribution in [0.4, 0.5) is 22.7 Å². The number of hydrazone groups is 2. The number of amides is 1. The lowest BCUT2D eigenvalue weighted by atomic mass is 9.98. The van der Waals surface area contributed by atoms with Gasteiger partial charge in [0, 0.05) is 26.2 Å². The normalized spacial score (nSPS) is 18.6. The fourth-order valence-electron chi connectivity index (χ4n) is 4.93. The summed E-state index contributed by atoms with van der Waals surface area (Å²) in [7, 11) is 4.08. The summed E-state index contributed by atoms with van der Waals surface area (Å²) in [5.74, 6) is -0.217. The fraction of sp³-hybridized carbons (Fsp3) is 0.156. The highest BCUT2D eigenvalue weighted by molar-refractivity contribution is 6.17. The van der Waals surface area contributed by atoms with E-state index in [-0.39, 0.29) is 17.8 Å². The first-order chi connectivity index (χ1) is 20.0. The van der Waals surface area contributed by atoms with Gasteiger partial charge in [-0.2, -0.15) is 20.3 Å². The van der Waals surface area contributed by atoms with Crippen molar-refractivity contribution in [3.8, 4) is 0 Å². The fourth-order valence-corrected chi connectivity index (χ4v) is 4.93. The Morgan fingerprint density at radius 1 is 0.805 bits per heavy atom. The first-order valence-electron chi connectivity index (χ1n) is 13.4. The molecular formula is C32H30N8O. The highest BCUT2D eigenvalue weighted by atomic mass is 16.2. The predicted molar refractivity (Wildman–Crippen MR) is 164 cm³/mol. The number of nitrogens with two attached hydrogens (primary N) is 1. The summed E-state index contributed by atoms with van der Waals surface area (Å²) in [6.45, 7) is 0. The Morgan fingerprint density at radius 2 is 1.44 bits per heavy atom. The van der Waals surface area contributed by atoms with E-state index in [1.165, 1.54) is 10.6 Å². The number of anilines is 3. The van der Waals surface area contributed by atoms with Crippen LogP contribution in [0.1, 0.15) is 23.6 Å². The lowest BCUT2D eigenvalue weighted by Crippen LogP contribution is -2.33. The van der Waals surface area contributed by atoms with Gasteiger partial charge in [-0.15, -0.1) is 5.10 Å². The molecule has 1 amide bonds. The van der Waals surface area contributed by atoms with Crippen LogP contribution in [-0.2, 0) is 4.79 Å². The van der Waals surface area contributed by atoms with Gasteiger partial charge in [0.2, 0.25) is 6.04 Å². The topological polar surface area (TPSA) is 102 Å². The van der Waals surface area contributed by atoms with E-state index in [9.17, 15) is 4.79 Å². The van der Waals surface area contributed by atoms with Gasteiger partial charge in [0.25, 0.3) is 5.91 Å². The molecule has 0 radical (unpaired) electrons. The Balaban J connectivity index is 1.20. The van der Waals surface area contributed by atoms with Crippen LogP contribution in [0.25, 0.3) is 0 Å². The van der Waals surface area contributed by atoms with E-state index < -0.39 is 6.04 Å². The van der Waals surface area contributed by atoms with Crippen molar-refractivity contribution in [1.29, 1.82) is 0 Å². The molecule has 4 aromatic carbocycles. The molecule has 0 aliphatic carbocycles. The van der Waals surface area contributed by atoms with Crippen LogP contribution in [0.2, 0.25) is 0 Å². The maximum Gasteiger partial charge on any atom is 0.282 e. The van der Waals surface area contributed by atoms with Crippen molar-refractivity contribution >= 4 is 40.2 Å². The van der Waals surface area contributed by atoms with E-state index in [0.717, 1.165) is 29.1 Å². The van der Waals surface area contributed by atoms with Crippen LogP contribution < -0.4 is 20.7 Å². The highest BCUT2D eigenvalue weighted by Gasteiger charge is 2.36. The molecule has 41 heavy (non-hydrogen) atoms. The number of carbonyl (C=O) groups is 1. The summed E-state index contributed by atoms with van der Waals surface area (Å²) in [6, 6.07) is 34.8. The number of benzene rings is 4. The monoisotopic (exact) mass is 542 g/mol. The van der Waals surface area contributed by atoms with Crippen LogP contribution in [0.5, 0.6) is 0 Å². The molecule has 4 aromatic rings. The number of nitrogens with zero attached hydrogens (tertiary/aromatic N) is 7. The molecule has 0 fully saturated rings. The second-order valence-electron chi connectivity index (χ2n) is 10.1. The molecular weight excluding hydrogens is 512 g/mol. The zero-order valence-electron chi connectivity index (χ0n) is 22.9. The number of carbonyl (C=O) groups excluding carboxylic acids is 1. The lowest BCUT2D eigenvalue weighted by molar-refractivity contribution is -0.117. The number of para-hydroxylation sites is 2. The smallest absolute Gasteiger partial charge is 0.282 e. The van der Waals surface area contributed by atoms with Crippen molar-refractivity contribution in [2.75, 3.05) is 29.0 Å². The van der Waals surface area contributed by atoms with E-state index in [1.807, 2.05) is 74.8 Å². The zero-order chi connectivity index (χ0) is 28.3. The molecule has 204 valence electrons. The van der Waals surface area contributed by atoms with Crippen LogP contribution in [0.3, 0.4) is 0 Å². The molecule has 2 unspecified atom stereocenters. The third-order valence-corrected chi connectivity index (χ3v) is 7.15. The molecule has 0 bridgehead atoms. The molecule has 0 saturated carbocycles. The van der Waals surface area contributed by atoms with Crippen LogP contribution >= 0.6 is 0 Å². The van der Waals surface area contributed by atoms with Crippen molar-refractivity contribution in [3.63, 3.8) is 0 Å². The summed E-state index contributed by atoms with van der Waals surface area (Å²) in [4.78, 5) is 15.0. The number of hydrogen-bond acceptors (Lipinski definition) is 8. The molecule has 2 heterocycles. The molecule has 0 saturated heterocycles. The minimum Gasteiger partial charge on any atom is -0.383 e. The lowest BCUT2D eigenvalue weighted by Gasteiger charge is -2.24. The van der Waals surface area contributed by atoms with Gasteiger partial charge in [-0.05, 0) is 59.7 Å². The Bertz CT molecular complexity index is 1610. The van der Waals surface area contributed by atoms with Crippen LogP contribution in [0, 0.1) is 0 Å². The number of azo groups is 1. The van der Waals surface area contributed by atoms with Gasteiger partial charge < -0.3 is 10.6 Å². The standard InChI is InChI=1S/C32H30N8O/c1-38(2)25-19-15-23(16-20-25)29-21-28(36-39(29)26-9-5-3-6-10-26)22-13-17-24(18-14-22)34-35-30-31(33)37-40(32(30)41)27-11-7-4-8-12-27/h3-20,29-30H,21H2,1-2H3,(H2,33,37). The van der Waals surface area contributed by atoms with Gasteiger partial charge in [-0.3, -0.25) is 9.80 Å². The zero-order valence-corrected chi connectivity index (χ0v) is 22.9. The van der Waals surface area contributed by atoms with E-state index >= 15 is 0 Å². The molecule has 6 rings (SSSR count).